The fourth-order valence-electron chi connectivity index (χ4n) is 1.49. The quantitative estimate of drug-likeness (QED) is 0.897. The van der Waals surface area contributed by atoms with Crippen LogP contribution in [0.2, 0.25) is 0 Å². The molecule has 1 amide bonds. The monoisotopic (exact) mass is 299 g/mol. The van der Waals surface area contributed by atoms with Crippen molar-refractivity contribution in [2.75, 3.05) is 6.61 Å². The Hall–Kier alpha value is -0.870. The van der Waals surface area contributed by atoms with Crippen LogP contribution in [0.5, 0.6) is 0 Å². The fraction of sp³-hybridized carbons (Fsp3) is 0.462. The minimum Gasteiger partial charge on any atom is -0.394 e. The van der Waals surface area contributed by atoms with Crippen LogP contribution in [0.3, 0.4) is 0 Å². The van der Waals surface area contributed by atoms with E-state index < -0.39 is 0 Å². The average Bonchev–Trinajstić information content (AvgIpc) is 2.28. The maximum Gasteiger partial charge on any atom is 0.252 e. The molecule has 1 aromatic rings. The highest BCUT2D eigenvalue weighted by Gasteiger charge is 2.18. The third kappa shape index (κ3) is 3.54. The molecule has 1 unspecified atom stereocenters. The molecule has 1 aromatic carbocycles. The van der Waals surface area contributed by atoms with Crippen molar-refractivity contribution in [3.63, 3.8) is 0 Å². The first kappa shape index (κ1) is 14.2. The Labute approximate surface area is 110 Å². The molecule has 0 aliphatic carbocycles. The van der Waals surface area contributed by atoms with E-state index in [2.05, 4.69) is 21.2 Å². The van der Waals surface area contributed by atoms with Crippen LogP contribution in [0, 0.1) is 12.8 Å². The standard InChI is InChI=1S/C13H18BrNO2/c1-8(2)11(7-16)15-13(17)10-6-4-5-9(3)12(10)14/h4-6,8,11,16H,7H2,1-3H3,(H,15,17). The van der Waals surface area contributed by atoms with Gasteiger partial charge in [0.1, 0.15) is 0 Å². The Balaban J connectivity index is 2.86. The van der Waals surface area contributed by atoms with Crippen LogP contribution < -0.4 is 5.32 Å². The van der Waals surface area contributed by atoms with Gasteiger partial charge in [-0.15, -0.1) is 0 Å². The first-order valence-electron chi connectivity index (χ1n) is 5.64. The Morgan fingerprint density at radius 2 is 2.12 bits per heavy atom. The van der Waals surface area contributed by atoms with Crippen LogP contribution in [-0.4, -0.2) is 23.7 Å². The van der Waals surface area contributed by atoms with Gasteiger partial charge >= 0.3 is 0 Å². The van der Waals surface area contributed by atoms with Crippen molar-refractivity contribution in [2.45, 2.75) is 26.8 Å². The number of aliphatic hydroxyl groups excluding tert-OH is 1. The zero-order valence-corrected chi connectivity index (χ0v) is 11.9. The van der Waals surface area contributed by atoms with E-state index in [0.717, 1.165) is 10.0 Å². The summed E-state index contributed by atoms with van der Waals surface area (Å²) in [5.41, 5.74) is 1.62. The van der Waals surface area contributed by atoms with E-state index in [1.807, 2.05) is 32.9 Å². The maximum atomic E-state index is 12.0. The predicted octanol–water partition coefficient (Wildman–Crippen LogP) is 2.50. The number of nitrogens with one attached hydrogen (secondary N) is 1. The summed E-state index contributed by atoms with van der Waals surface area (Å²) in [7, 11) is 0. The minimum atomic E-state index is -0.213. The molecular formula is C13H18BrNO2. The van der Waals surface area contributed by atoms with E-state index >= 15 is 0 Å². The second-order valence-electron chi connectivity index (χ2n) is 4.44. The van der Waals surface area contributed by atoms with Gasteiger partial charge in [0.15, 0.2) is 0 Å². The zero-order valence-electron chi connectivity index (χ0n) is 10.3. The molecule has 4 heteroatoms. The van der Waals surface area contributed by atoms with Crippen molar-refractivity contribution in [1.82, 2.24) is 5.32 Å². The van der Waals surface area contributed by atoms with Gasteiger partial charge in [0, 0.05) is 4.47 Å². The average molecular weight is 300 g/mol. The highest BCUT2D eigenvalue weighted by Crippen LogP contribution is 2.21. The Morgan fingerprint density at radius 1 is 1.47 bits per heavy atom. The van der Waals surface area contributed by atoms with Crippen molar-refractivity contribution in [3.8, 4) is 0 Å². The van der Waals surface area contributed by atoms with Crippen LogP contribution in [0.25, 0.3) is 0 Å². The summed E-state index contributed by atoms with van der Waals surface area (Å²) < 4.78 is 0.804. The number of rotatable bonds is 4. The number of carbonyl (C=O) groups excluding carboxylic acids is 1. The fourth-order valence-corrected chi connectivity index (χ4v) is 1.94. The maximum absolute atomic E-state index is 12.0. The molecule has 0 spiro atoms. The third-order valence-electron chi connectivity index (χ3n) is 2.75. The number of carbonyl (C=O) groups is 1. The van der Waals surface area contributed by atoms with E-state index in [9.17, 15) is 9.90 Å². The van der Waals surface area contributed by atoms with Gasteiger partial charge in [0.25, 0.3) is 5.91 Å². The smallest absolute Gasteiger partial charge is 0.252 e. The van der Waals surface area contributed by atoms with Crippen molar-refractivity contribution in [2.24, 2.45) is 5.92 Å². The first-order valence-corrected chi connectivity index (χ1v) is 6.43. The molecule has 1 atom stereocenters. The number of benzene rings is 1. The van der Waals surface area contributed by atoms with Crippen LogP contribution in [0.15, 0.2) is 22.7 Å². The van der Waals surface area contributed by atoms with Crippen LogP contribution in [-0.2, 0) is 0 Å². The molecule has 0 fully saturated rings. The summed E-state index contributed by atoms with van der Waals surface area (Å²) >= 11 is 3.41. The molecule has 1 rings (SSSR count). The van der Waals surface area contributed by atoms with Gasteiger partial charge < -0.3 is 10.4 Å². The van der Waals surface area contributed by atoms with Crippen molar-refractivity contribution in [1.29, 1.82) is 0 Å². The molecular weight excluding hydrogens is 282 g/mol. The molecule has 0 bridgehead atoms. The second-order valence-corrected chi connectivity index (χ2v) is 5.24. The number of amides is 1. The predicted molar refractivity (Wildman–Crippen MR) is 72.1 cm³/mol. The number of aliphatic hydroxyl groups is 1. The molecule has 2 N–H and O–H groups in total. The Bertz CT molecular complexity index is 404. The van der Waals surface area contributed by atoms with Gasteiger partial charge in [0.2, 0.25) is 0 Å². The summed E-state index contributed by atoms with van der Waals surface area (Å²) in [5, 5.41) is 12.0. The van der Waals surface area contributed by atoms with Crippen LogP contribution in [0.1, 0.15) is 29.8 Å². The highest BCUT2D eigenvalue weighted by molar-refractivity contribution is 9.10. The summed E-state index contributed by atoms with van der Waals surface area (Å²) in [4.78, 5) is 12.0. The van der Waals surface area contributed by atoms with E-state index in [1.54, 1.807) is 6.07 Å². The summed E-state index contributed by atoms with van der Waals surface area (Å²) in [6.45, 7) is 5.82. The Kier molecular flexibility index (Phi) is 5.15. The van der Waals surface area contributed by atoms with Crippen molar-refractivity contribution >= 4 is 21.8 Å². The lowest BCUT2D eigenvalue weighted by Crippen LogP contribution is -2.41. The lowest BCUT2D eigenvalue weighted by molar-refractivity contribution is 0.0896. The van der Waals surface area contributed by atoms with Gasteiger partial charge in [-0.1, -0.05) is 26.0 Å². The van der Waals surface area contributed by atoms with Crippen molar-refractivity contribution in [3.05, 3.63) is 33.8 Å². The largest absolute Gasteiger partial charge is 0.394 e. The minimum absolute atomic E-state index is 0.0488. The number of aryl methyl sites for hydroxylation is 1. The number of hydrogen-bond donors (Lipinski definition) is 2. The lowest BCUT2D eigenvalue weighted by Gasteiger charge is -2.20. The number of hydrogen-bond acceptors (Lipinski definition) is 2. The lowest BCUT2D eigenvalue weighted by atomic mass is 10.0. The van der Waals surface area contributed by atoms with Gasteiger partial charge in [-0.2, -0.15) is 0 Å². The van der Waals surface area contributed by atoms with E-state index in [0.29, 0.717) is 5.56 Å². The van der Waals surface area contributed by atoms with Crippen LogP contribution in [0.4, 0.5) is 0 Å². The summed E-state index contributed by atoms with van der Waals surface area (Å²) in [6.07, 6.45) is 0. The molecule has 3 nitrogen and oxygen atoms in total. The molecule has 0 aromatic heterocycles. The van der Waals surface area contributed by atoms with Gasteiger partial charge in [-0.3, -0.25) is 4.79 Å². The van der Waals surface area contributed by atoms with Crippen LogP contribution >= 0.6 is 15.9 Å². The second kappa shape index (κ2) is 6.17. The van der Waals surface area contributed by atoms with E-state index in [1.165, 1.54) is 0 Å². The normalized spacial score (nSPS) is 12.6. The molecule has 0 saturated carbocycles. The third-order valence-corrected chi connectivity index (χ3v) is 3.81. The molecule has 0 heterocycles. The molecule has 0 radical (unpaired) electrons. The summed E-state index contributed by atoms with van der Waals surface area (Å²) in [6, 6.07) is 5.33. The molecule has 0 aliphatic heterocycles. The van der Waals surface area contributed by atoms with E-state index in [4.69, 9.17) is 0 Å². The van der Waals surface area contributed by atoms with Crippen molar-refractivity contribution < 1.29 is 9.90 Å². The molecule has 94 valence electrons. The van der Waals surface area contributed by atoms with E-state index in [-0.39, 0.29) is 24.5 Å². The molecule has 17 heavy (non-hydrogen) atoms. The zero-order chi connectivity index (χ0) is 13.0. The van der Waals surface area contributed by atoms with Gasteiger partial charge in [-0.05, 0) is 40.4 Å². The molecule has 0 aliphatic rings. The number of halogens is 1. The molecule has 0 saturated heterocycles. The highest BCUT2D eigenvalue weighted by atomic mass is 79.9. The first-order chi connectivity index (χ1) is 7.97. The van der Waals surface area contributed by atoms with Gasteiger partial charge in [0.05, 0.1) is 18.2 Å². The SMILES string of the molecule is Cc1cccc(C(=O)NC(CO)C(C)C)c1Br. The van der Waals surface area contributed by atoms with Gasteiger partial charge in [-0.25, -0.2) is 0 Å². The summed E-state index contributed by atoms with van der Waals surface area (Å²) in [5.74, 6) is 0.0425. The Morgan fingerprint density at radius 3 is 2.65 bits per heavy atom. The topological polar surface area (TPSA) is 49.3 Å².